The van der Waals surface area contributed by atoms with Crippen molar-refractivity contribution >= 4 is 11.6 Å². The number of ether oxygens (including phenoxy) is 1. The van der Waals surface area contributed by atoms with Gasteiger partial charge in [0.15, 0.2) is 0 Å². The molecule has 0 saturated heterocycles. The van der Waals surface area contributed by atoms with Crippen LogP contribution < -0.4 is 15.4 Å². The van der Waals surface area contributed by atoms with Crippen LogP contribution in [0, 0.1) is 6.92 Å². The summed E-state index contributed by atoms with van der Waals surface area (Å²) in [6.07, 6.45) is 0.910. The standard InChI is InChI=1S/C17H24N4O/c1-12(2)19-17-11-16(20-13(3)21-17)18-9-8-14-6-5-7-15(10-14)22-4/h5-7,10-12H,8-9H2,1-4H3,(H2,18,19,20,21). The van der Waals surface area contributed by atoms with E-state index < -0.39 is 0 Å². The van der Waals surface area contributed by atoms with Crippen LogP contribution in [0.2, 0.25) is 0 Å². The van der Waals surface area contributed by atoms with Crippen LogP contribution in [0.5, 0.6) is 5.75 Å². The minimum atomic E-state index is 0.346. The Morgan fingerprint density at radius 1 is 1.14 bits per heavy atom. The van der Waals surface area contributed by atoms with E-state index in [0.717, 1.165) is 36.2 Å². The second-order valence-corrected chi connectivity index (χ2v) is 5.51. The molecule has 0 aliphatic heterocycles. The molecular weight excluding hydrogens is 276 g/mol. The SMILES string of the molecule is COc1cccc(CCNc2cc(NC(C)C)nc(C)n2)c1. The van der Waals surface area contributed by atoms with Crippen molar-refractivity contribution in [3.63, 3.8) is 0 Å². The first-order valence-electron chi connectivity index (χ1n) is 7.56. The number of hydrogen-bond donors (Lipinski definition) is 2. The Balaban J connectivity index is 1.94. The van der Waals surface area contributed by atoms with E-state index in [1.807, 2.05) is 25.1 Å². The number of nitrogens with zero attached hydrogens (tertiary/aromatic N) is 2. The third-order valence-corrected chi connectivity index (χ3v) is 3.13. The second-order valence-electron chi connectivity index (χ2n) is 5.51. The molecule has 5 nitrogen and oxygen atoms in total. The summed E-state index contributed by atoms with van der Waals surface area (Å²) in [6.45, 7) is 6.89. The fourth-order valence-electron chi connectivity index (χ4n) is 2.19. The molecule has 0 aliphatic carbocycles. The van der Waals surface area contributed by atoms with Gasteiger partial charge in [0.25, 0.3) is 0 Å². The summed E-state index contributed by atoms with van der Waals surface area (Å²) < 4.78 is 5.24. The number of anilines is 2. The average Bonchev–Trinajstić information content (AvgIpc) is 2.46. The Morgan fingerprint density at radius 2 is 1.91 bits per heavy atom. The summed E-state index contributed by atoms with van der Waals surface area (Å²) in [5, 5.41) is 6.65. The van der Waals surface area contributed by atoms with Crippen molar-refractivity contribution in [3.8, 4) is 5.75 Å². The fraction of sp³-hybridized carbons (Fsp3) is 0.412. The summed E-state index contributed by atoms with van der Waals surface area (Å²) in [6, 6.07) is 10.4. The molecule has 22 heavy (non-hydrogen) atoms. The molecule has 1 aromatic carbocycles. The molecule has 0 fully saturated rings. The largest absolute Gasteiger partial charge is 0.497 e. The molecule has 0 radical (unpaired) electrons. The van der Waals surface area contributed by atoms with Gasteiger partial charge in [-0.2, -0.15) is 0 Å². The molecule has 0 spiro atoms. The van der Waals surface area contributed by atoms with Gasteiger partial charge in [0.1, 0.15) is 23.2 Å². The van der Waals surface area contributed by atoms with Gasteiger partial charge in [0.2, 0.25) is 0 Å². The van der Waals surface area contributed by atoms with Crippen LogP contribution in [0.25, 0.3) is 0 Å². The zero-order valence-corrected chi connectivity index (χ0v) is 13.7. The first-order valence-corrected chi connectivity index (χ1v) is 7.56. The minimum absolute atomic E-state index is 0.346. The lowest BCUT2D eigenvalue weighted by Gasteiger charge is -2.12. The van der Waals surface area contributed by atoms with Crippen LogP contribution in [-0.2, 0) is 6.42 Å². The maximum atomic E-state index is 5.24. The van der Waals surface area contributed by atoms with Gasteiger partial charge in [-0.05, 0) is 44.9 Å². The lowest BCUT2D eigenvalue weighted by Crippen LogP contribution is -2.13. The van der Waals surface area contributed by atoms with Gasteiger partial charge in [-0.3, -0.25) is 0 Å². The van der Waals surface area contributed by atoms with Gasteiger partial charge in [0, 0.05) is 18.7 Å². The minimum Gasteiger partial charge on any atom is -0.497 e. The molecule has 0 saturated carbocycles. The highest BCUT2D eigenvalue weighted by Crippen LogP contribution is 2.14. The summed E-state index contributed by atoms with van der Waals surface area (Å²) in [4.78, 5) is 8.80. The predicted octanol–water partition coefficient (Wildman–Crippen LogP) is 3.27. The highest BCUT2D eigenvalue weighted by atomic mass is 16.5. The topological polar surface area (TPSA) is 59.1 Å². The lowest BCUT2D eigenvalue weighted by atomic mass is 10.1. The van der Waals surface area contributed by atoms with Gasteiger partial charge in [-0.25, -0.2) is 9.97 Å². The summed E-state index contributed by atoms with van der Waals surface area (Å²) in [5.41, 5.74) is 1.23. The maximum absolute atomic E-state index is 5.24. The number of benzene rings is 1. The van der Waals surface area contributed by atoms with E-state index in [2.05, 4.69) is 46.6 Å². The maximum Gasteiger partial charge on any atom is 0.131 e. The molecule has 2 rings (SSSR count). The number of aromatic nitrogens is 2. The van der Waals surface area contributed by atoms with Gasteiger partial charge in [-0.15, -0.1) is 0 Å². The van der Waals surface area contributed by atoms with Gasteiger partial charge in [0.05, 0.1) is 7.11 Å². The van der Waals surface area contributed by atoms with E-state index in [1.54, 1.807) is 7.11 Å². The molecule has 118 valence electrons. The fourth-order valence-corrected chi connectivity index (χ4v) is 2.19. The van der Waals surface area contributed by atoms with E-state index >= 15 is 0 Å². The number of aryl methyl sites for hydroxylation is 1. The Bertz CT molecular complexity index is 613. The van der Waals surface area contributed by atoms with E-state index in [-0.39, 0.29) is 0 Å². The molecule has 0 amide bonds. The van der Waals surface area contributed by atoms with Gasteiger partial charge >= 0.3 is 0 Å². The predicted molar refractivity (Wildman–Crippen MR) is 90.7 cm³/mol. The smallest absolute Gasteiger partial charge is 0.131 e. The molecule has 2 aromatic rings. The van der Waals surface area contributed by atoms with Crippen molar-refractivity contribution in [1.29, 1.82) is 0 Å². The van der Waals surface area contributed by atoms with Crippen molar-refractivity contribution in [2.75, 3.05) is 24.3 Å². The average molecular weight is 300 g/mol. The normalized spacial score (nSPS) is 10.6. The van der Waals surface area contributed by atoms with Gasteiger partial charge in [-0.1, -0.05) is 12.1 Å². The molecule has 1 heterocycles. The molecular formula is C17H24N4O. The zero-order valence-electron chi connectivity index (χ0n) is 13.7. The van der Waals surface area contributed by atoms with Crippen LogP contribution in [0.4, 0.5) is 11.6 Å². The van der Waals surface area contributed by atoms with E-state index in [9.17, 15) is 0 Å². The Kier molecular flexibility index (Phi) is 5.58. The molecule has 1 aromatic heterocycles. The Labute approximate surface area is 132 Å². The van der Waals surface area contributed by atoms with Crippen LogP contribution in [-0.4, -0.2) is 29.7 Å². The number of hydrogen-bond acceptors (Lipinski definition) is 5. The van der Waals surface area contributed by atoms with Crippen molar-refractivity contribution in [1.82, 2.24) is 9.97 Å². The molecule has 0 bridgehead atoms. The summed E-state index contributed by atoms with van der Waals surface area (Å²) >= 11 is 0. The lowest BCUT2D eigenvalue weighted by molar-refractivity contribution is 0.414. The molecule has 2 N–H and O–H groups in total. The highest BCUT2D eigenvalue weighted by molar-refractivity contribution is 5.48. The highest BCUT2D eigenvalue weighted by Gasteiger charge is 2.03. The second kappa shape index (κ2) is 7.64. The Morgan fingerprint density at radius 3 is 2.64 bits per heavy atom. The third kappa shape index (κ3) is 4.91. The van der Waals surface area contributed by atoms with Crippen molar-refractivity contribution < 1.29 is 4.74 Å². The zero-order chi connectivity index (χ0) is 15.9. The number of rotatable bonds is 7. The first kappa shape index (κ1) is 16.1. The number of nitrogens with one attached hydrogen (secondary N) is 2. The van der Waals surface area contributed by atoms with E-state index in [0.29, 0.717) is 6.04 Å². The van der Waals surface area contributed by atoms with Crippen LogP contribution >= 0.6 is 0 Å². The van der Waals surface area contributed by atoms with E-state index in [1.165, 1.54) is 5.56 Å². The monoisotopic (exact) mass is 300 g/mol. The van der Waals surface area contributed by atoms with Gasteiger partial charge < -0.3 is 15.4 Å². The van der Waals surface area contributed by atoms with Crippen LogP contribution in [0.15, 0.2) is 30.3 Å². The van der Waals surface area contributed by atoms with Crippen molar-refractivity contribution in [3.05, 3.63) is 41.7 Å². The number of methoxy groups -OCH3 is 1. The summed E-state index contributed by atoms with van der Waals surface area (Å²) in [5.74, 6) is 3.35. The molecule has 0 unspecified atom stereocenters. The summed E-state index contributed by atoms with van der Waals surface area (Å²) in [7, 11) is 1.68. The first-order chi connectivity index (χ1) is 10.6. The van der Waals surface area contributed by atoms with Crippen molar-refractivity contribution in [2.45, 2.75) is 33.2 Å². The molecule has 0 aliphatic rings. The quantitative estimate of drug-likeness (QED) is 0.822. The Hall–Kier alpha value is -2.30. The molecule has 5 heteroatoms. The van der Waals surface area contributed by atoms with Crippen molar-refractivity contribution in [2.24, 2.45) is 0 Å². The van der Waals surface area contributed by atoms with Crippen LogP contribution in [0.3, 0.4) is 0 Å². The van der Waals surface area contributed by atoms with Crippen LogP contribution in [0.1, 0.15) is 25.2 Å². The third-order valence-electron chi connectivity index (χ3n) is 3.13. The molecule has 0 atom stereocenters. The van der Waals surface area contributed by atoms with E-state index in [4.69, 9.17) is 4.74 Å².